The molecule has 2 rings (SSSR count). The summed E-state index contributed by atoms with van der Waals surface area (Å²) >= 11 is 1.12. The minimum atomic E-state index is -0.323. The van der Waals surface area contributed by atoms with Crippen molar-refractivity contribution >= 4 is 17.3 Å². The van der Waals surface area contributed by atoms with Crippen LogP contribution in [0, 0.1) is 5.82 Å². The Morgan fingerprint density at radius 3 is 3.00 bits per heavy atom. The largest absolute Gasteiger partial charge is 0.293 e. The van der Waals surface area contributed by atoms with Crippen LogP contribution in [-0.2, 0) is 12.8 Å². The molecule has 1 heterocycles. The summed E-state index contributed by atoms with van der Waals surface area (Å²) in [5.41, 5.74) is 1.43. The van der Waals surface area contributed by atoms with Gasteiger partial charge in [-0.3, -0.25) is 4.79 Å². The smallest absolute Gasteiger partial charge is 0.180 e. The van der Waals surface area contributed by atoms with Crippen molar-refractivity contribution in [3.63, 3.8) is 0 Å². The fourth-order valence-corrected chi connectivity index (χ4v) is 2.38. The van der Waals surface area contributed by atoms with Crippen LogP contribution in [0.4, 0.5) is 4.39 Å². The molecule has 0 unspecified atom stereocenters. The first-order chi connectivity index (χ1) is 8.70. The van der Waals surface area contributed by atoms with E-state index in [2.05, 4.69) is 9.59 Å². The molecule has 0 aliphatic carbocycles. The van der Waals surface area contributed by atoms with Crippen molar-refractivity contribution in [3.8, 4) is 0 Å². The number of rotatable bonds is 5. The van der Waals surface area contributed by atoms with Gasteiger partial charge in [0, 0.05) is 6.42 Å². The van der Waals surface area contributed by atoms with Gasteiger partial charge in [-0.1, -0.05) is 30.0 Å². The average molecular weight is 264 g/mol. The third kappa shape index (κ3) is 2.98. The molecule has 0 aliphatic rings. The summed E-state index contributed by atoms with van der Waals surface area (Å²) in [7, 11) is 0. The second kappa shape index (κ2) is 5.82. The molecule has 1 aromatic heterocycles. The number of hydrogen-bond donors (Lipinski definition) is 0. The van der Waals surface area contributed by atoms with E-state index in [0.717, 1.165) is 30.1 Å². The number of Topliss-reactive ketones (excluding diaryl/α,β-unsaturated/α-hetero) is 1. The predicted octanol–water partition coefficient (Wildman–Crippen LogP) is 3.06. The van der Waals surface area contributed by atoms with Crippen molar-refractivity contribution in [2.75, 3.05) is 0 Å². The molecule has 0 spiro atoms. The molecule has 0 saturated heterocycles. The van der Waals surface area contributed by atoms with E-state index in [4.69, 9.17) is 0 Å². The molecule has 94 valence electrons. The molecule has 0 radical (unpaired) electrons. The third-order valence-corrected chi connectivity index (χ3v) is 3.36. The molecule has 0 fully saturated rings. The number of hydrogen-bond acceptors (Lipinski definition) is 4. The van der Waals surface area contributed by atoms with Crippen molar-refractivity contribution in [2.45, 2.75) is 26.2 Å². The van der Waals surface area contributed by atoms with Gasteiger partial charge in [0.05, 0.1) is 5.69 Å². The lowest BCUT2D eigenvalue weighted by molar-refractivity contribution is 0.0995. The van der Waals surface area contributed by atoms with Gasteiger partial charge < -0.3 is 0 Å². The first-order valence-corrected chi connectivity index (χ1v) is 6.57. The lowest BCUT2D eigenvalue weighted by Crippen LogP contribution is -2.05. The quantitative estimate of drug-likeness (QED) is 0.779. The summed E-state index contributed by atoms with van der Waals surface area (Å²) in [6, 6.07) is 6.10. The van der Waals surface area contributed by atoms with Crippen molar-refractivity contribution in [3.05, 3.63) is 46.2 Å². The number of carbonyl (C=O) groups excluding carboxylic acids is 1. The first kappa shape index (κ1) is 12.8. The normalized spacial score (nSPS) is 10.6. The fourth-order valence-electron chi connectivity index (χ4n) is 1.73. The summed E-state index contributed by atoms with van der Waals surface area (Å²) < 4.78 is 16.8. The molecule has 0 saturated carbocycles. The lowest BCUT2D eigenvalue weighted by atomic mass is 10.1. The van der Waals surface area contributed by atoms with E-state index in [-0.39, 0.29) is 18.0 Å². The topological polar surface area (TPSA) is 42.9 Å². The van der Waals surface area contributed by atoms with Crippen LogP contribution in [0.1, 0.15) is 34.3 Å². The minimum Gasteiger partial charge on any atom is -0.293 e. The molecular formula is C13H13FN2OS. The van der Waals surface area contributed by atoms with Crippen LogP contribution in [0.15, 0.2) is 24.3 Å². The van der Waals surface area contributed by atoms with Crippen LogP contribution in [0.3, 0.4) is 0 Å². The molecule has 0 bridgehead atoms. The molecular weight excluding hydrogens is 251 g/mol. The zero-order chi connectivity index (χ0) is 13.0. The standard InChI is InChI=1S/C13H13FN2OS/c1-2-4-11-13(18-16-15-11)12(17)8-9-5-3-6-10(14)7-9/h3,5-7H,2,4,8H2,1H3. The Bertz CT molecular complexity index is 553. The van der Waals surface area contributed by atoms with Crippen molar-refractivity contribution in [1.29, 1.82) is 0 Å². The first-order valence-electron chi connectivity index (χ1n) is 5.79. The van der Waals surface area contributed by atoms with E-state index in [9.17, 15) is 9.18 Å². The summed E-state index contributed by atoms with van der Waals surface area (Å²) in [6.07, 6.45) is 1.87. The number of aromatic nitrogens is 2. The van der Waals surface area contributed by atoms with Gasteiger partial charge in [-0.25, -0.2) is 4.39 Å². The van der Waals surface area contributed by atoms with Gasteiger partial charge in [0.15, 0.2) is 5.78 Å². The monoisotopic (exact) mass is 264 g/mol. The van der Waals surface area contributed by atoms with Crippen LogP contribution in [0.2, 0.25) is 0 Å². The number of halogens is 1. The maximum Gasteiger partial charge on any atom is 0.180 e. The Balaban J connectivity index is 2.14. The zero-order valence-corrected chi connectivity index (χ0v) is 10.8. The van der Waals surface area contributed by atoms with Crippen molar-refractivity contribution in [2.24, 2.45) is 0 Å². The highest BCUT2D eigenvalue weighted by Gasteiger charge is 2.16. The SMILES string of the molecule is CCCc1nnsc1C(=O)Cc1cccc(F)c1. The molecule has 1 aromatic carbocycles. The second-order valence-electron chi connectivity index (χ2n) is 4.03. The summed E-state index contributed by atoms with van der Waals surface area (Å²) in [5.74, 6) is -0.365. The molecule has 0 amide bonds. The number of nitrogens with zero attached hydrogens (tertiary/aromatic N) is 2. The minimum absolute atomic E-state index is 0.0425. The second-order valence-corrected chi connectivity index (χ2v) is 4.78. The molecule has 3 nitrogen and oxygen atoms in total. The van der Waals surface area contributed by atoms with Gasteiger partial charge >= 0.3 is 0 Å². The van der Waals surface area contributed by atoms with Gasteiger partial charge in [0.25, 0.3) is 0 Å². The van der Waals surface area contributed by atoms with Gasteiger partial charge in [-0.2, -0.15) is 0 Å². The highest BCUT2D eigenvalue weighted by molar-refractivity contribution is 7.08. The van der Waals surface area contributed by atoms with Crippen LogP contribution in [0.5, 0.6) is 0 Å². The highest BCUT2D eigenvalue weighted by atomic mass is 32.1. The van der Waals surface area contributed by atoms with Crippen molar-refractivity contribution in [1.82, 2.24) is 9.59 Å². The van der Waals surface area contributed by atoms with E-state index >= 15 is 0 Å². The van der Waals surface area contributed by atoms with E-state index < -0.39 is 0 Å². The van der Waals surface area contributed by atoms with Gasteiger partial charge in [-0.15, -0.1) is 5.10 Å². The maximum atomic E-state index is 13.0. The predicted molar refractivity (Wildman–Crippen MR) is 68.3 cm³/mol. The number of aryl methyl sites for hydroxylation is 1. The zero-order valence-electron chi connectivity index (χ0n) is 10.0. The summed E-state index contributed by atoms with van der Waals surface area (Å²) in [6.45, 7) is 2.03. The molecule has 0 atom stereocenters. The van der Waals surface area contributed by atoms with Crippen LogP contribution >= 0.6 is 11.5 Å². The average Bonchev–Trinajstić information content (AvgIpc) is 2.78. The van der Waals surface area contributed by atoms with Crippen LogP contribution in [0.25, 0.3) is 0 Å². The Hall–Kier alpha value is -1.62. The Labute approximate surface area is 109 Å². The number of benzene rings is 1. The van der Waals surface area contributed by atoms with E-state index in [1.165, 1.54) is 12.1 Å². The van der Waals surface area contributed by atoms with Gasteiger partial charge in [0.1, 0.15) is 10.7 Å². The van der Waals surface area contributed by atoms with Crippen molar-refractivity contribution < 1.29 is 9.18 Å². The molecule has 2 aromatic rings. The van der Waals surface area contributed by atoms with E-state index in [1.807, 2.05) is 6.92 Å². The third-order valence-electron chi connectivity index (χ3n) is 2.55. The Kier molecular flexibility index (Phi) is 4.15. The van der Waals surface area contributed by atoms with Gasteiger partial charge in [-0.05, 0) is 35.6 Å². The lowest BCUT2D eigenvalue weighted by Gasteiger charge is -2.00. The van der Waals surface area contributed by atoms with Crippen LogP contribution < -0.4 is 0 Å². The maximum absolute atomic E-state index is 13.0. The number of ketones is 1. The van der Waals surface area contributed by atoms with Gasteiger partial charge in [0.2, 0.25) is 0 Å². The fraction of sp³-hybridized carbons (Fsp3) is 0.308. The van der Waals surface area contributed by atoms with E-state index in [1.54, 1.807) is 12.1 Å². The molecule has 18 heavy (non-hydrogen) atoms. The van der Waals surface area contributed by atoms with Crippen LogP contribution in [-0.4, -0.2) is 15.4 Å². The Morgan fingerprint density at radius 2 is 2.28 bits per heavy atom. The van der Waals surface area contributed by atoms with E-state index in [0.29, 0.717) is 10.4 Å². The number of carbonyl (C=O) groups is 1. The molecule has 0 aliphatic heterocycles. The highest BCUT2D eigenvalue weighted by Crippen LogP contribution is 2.16. The Morgan fingerprint density at radius 1 is 1.44 bits per heavy atom. The molecule has 0 N–H and O–H groups in total. The summed E-state index contributed by atoms with van der Waals surface area (Å²) in [4.78, 5) is 12.7. The molecule has 5 heteroatoms. The summed E-state index contributed by atoms with van der Waals surface area (Å²) in [5, 5.41) is 3.96.